The van der Waals surface area contributed by atoms with E-state index in [9.17, 15) is 9.59 Å². The molecular formula is C19H18O6. The Morgan fingerprint density at radius 2 is 2.08 bits per heavy atom. The van der Waals surface area contributed by atoms with Crippen LogP contribution < -0.4 is 10.2 Å². The van der Waals surface area contributed by atoms with E-state index in [4.69, 9.17) is 18.3 Å². The van der Waals surface area contributed by atoms with Crippen LogP contribution >= 0.6 is 0 Å². The Labute approximate surface area is 144 Å². The zero-order valence-corrected chi connectivity index (χ0v) is 14.2. The van der Waals surface area contributed by atoms with Gasteiger partial charge in [-0.1, -0.05) is 6.07 Å². The molecule has 0 saturated carbocycles. The maximum Gasteiger partial charge on any atom is 0.347 e. The van der Waals surface area contributed by atoms with Crippen LogP contribution in [0.1, 0.15) is 19.4 Å². The van der Waals surface area contributed by atoms with Gasteiger partial charge in [0.2, 0.25) is 16.9 Å². The van der Waals surface area contributed by atoms with Crippen molar-refractivity contribution in [1.29, 1.82) is 0 Å². The number of ether oxygens (including phenoxy) is 2. The molecule has 0 unspecified atom stereocenters. The van der Waals surface area contributed by atoms with E-state index in [1.165, 1.54) is 13.2 Å². The van der Waals surface area contributed by atoms with Crippen molar-refractivity contribution >= 4 is 16.9 Å². The van der Waals surface area contributed by atoms with Crippen LogP contribution in [-0.2, 0) is 9.53 Å². The monoisotopic (exact) mass is 342 g/mol. The van der Waals surface area contributed by atoms with E-state index >= 15 is 0 Å². The first-order chi connectivity index (χ1) is 12.0. The van der Waals surface area contributed by atoms with Gasteiger partial charge in [0.25, 0.3) is 0 Å². The third-order valence-corrected chi connectivity index (χ3v) is 3.66. The van der Waals surface area contributed by atoms with Gasteiger partial charge in [0, 0.05) is 0 Å². The van der Waals surface area contributed by atoms with E-state index in [-0.39, 0.29) is 23.5 Å². The van der Waals surface area contributed by atoms with Crippen LogP contribution in [0.15, 0.2) is 50.2 Å². The summed E-state index contributed by atoms with van der Waals surface area (Å²) in [6.45, 7) is 5.34. The molecule has 0 fully saturated rings. The van der Waals surface area contributed by atoms with E-state index in [1.54, 1.807) is 31.2 Å². The van der Waals surface area contributed by atoms with Gasteiger partial charge in [-0.25, -0.2) is 4.79 Å². The van der Waals surface area contributed by atoms with Crippen LogP contribution in [0, 0.1) is 6.92 Å². The van der Waals surface area contributed by atoms with Gasteiger partial charge < -0.3 is 18.3 Å². The molecule has 3 aromatic rings. The van der Waals surface area contributed by atoms with Crippen molar-refractivity contribution in [2.45, 2.75) is 26.9 Å². The average Bonchev–Trinajstić information content (AvgIpc) is 3.11. The molecule has 6 heteroatoms. The molecule has 0 aliphatic heterocycles. The lowest BCUT2D eigenvalue weighted by molar-refractivity contribution is -0.150. The summed E-state index contributed by atoms with van der Waals surface area (Å²) < 4.78 is 21.8. The van der Waals surface area contributed by atoms with Crippen LogP contribution in [0.5, 0.6) is 5.75 Å². The van der Waals surface area contributed by atoms with Crippen molar-refractivity contribution in [1.82, 2.24) is 0 Å². The van der Waals surface area contributed by atoms with Gasteiger partial charge in [0.1, 0.15) is 5.58 Å². The van der Waals surface area contributed by atoms with Gasteiger partial charge in [0.05, 0.1) is 18.3 Å². The summed E-state index contributed by atoms with van der Waals surface area (Å²) in [7, 11) is 0. The van der Waals surface area contributed by atoms with Gasteiger partial charge in [-0.05, 0) is 50.6 Å². The van der Waals surface area contributed by atoms with Crippen molar-refractivity contribution in [3.63, 3.8) is 0 Å². The number of carbonyl (C=O) groups is 1. The largest absolute Gasteiger partial charge is 0.471 e. The number of hydrogen-bond donors (Lipinski definition) is 0. The molecule has 25 heavy (non-hydrogen) atoms. The lowest BCUT2D eigenvalue weighted by atomic mass is 10.1. The summed E-state index contributed by atoms with van der Waals surface area (Å²) >= 11 is 0. The fourth-order valence-electron chi connectivity index (χ4n) is 2.44. The van der Waals surface area contributed by atoms with E-state index in [0.717, 1.165) is 5.56 Å². The number of furan rings is 1. The van der Waals surface area contributed by atoms with Crippen LogP contribution in [0.25, 0.3) is 22.5 Å². The van der Waals surface area contributed by atoms with Crippen LogP contribution in [0.2, 0.25) is 0 Å². The molecule has 0 saturated heterocycles. The summed E-state index contributed by atoms with van der Waals surface area (Å²) in [6.07, 6.45) is 0.508. The molecule has 0 amide bonds. The molecule has 0 aliphatic rings. The Hall–Kier alpha value is -3.02. The van der Waals surface area contributed by atoms with Crippen LogP contribution in [0.4, 0.5) is 0 Å². The van der Waals surface area contributed by atoms with Crippen molar-refractivity contribution < 1.29 is 23.1 Å². The Morgan fingerprint density at radius 3 is 2.76 bits per heavy atom. The lowest BCUT2D eigenvalue weighted by Gasteiger charge is -2.15. The predicted octanol–water partition coefficient (Wildman–Crippen LogP) is 3.69. The number of fused-ring (bicyclic) bond motifs is 1. The summed E-state index contributed by atoms with van der Waals surface area (Å²) in [6, 6.07) is 8.58. The number of rotatable bonds is 5. The minimum absolute atomic E-state index is 0.0770. The lowest BCUT2D eigenvalue weighted by Crippen LogP contribution is -2.28. The second kappa shape index (κ2) is 6.84. The fourth-order valence-corrected chi connectivity index (χ4v) is 2.44. The van der Waals surface area contributed by atoms with Gasteiger partial charge in [-0.3, -0.25) is 4.79 Å². The average molecular weight is 342 g/mol. The maximum absolute atomic E-state index is 12.9. The third kappa shape index (κ3) is 3.28. The van der Waals surface area contributed by atoms with Gasteiger partial charge >= 0.3 is 5.97 Å². The third-order valence-electron chi connectivity index (χ3n) is 3.66. The molecule has 1 aromatic carbocycles. The van der Waals surface area contributed by atoms with Crippen molar-refractivity contribution in [2.24, 2.45) is 0 Å². The Kier molecular flexibility index (Phi) is 4.61. The molecule has 0 aliphatic carbocycles. The molecule has 1 atom stereocenters. The zero-order chi connectivity index (χ0) is 18.0. The molecule has 6 nitrogen and oxygen atoms in total. The molecular weight excluding hydrogens is 324 g/mol. The van der Waals surface area contributed by atoms with E-state index in [0.29, 0.717) is 16.7 Å². The minimum atomic E-state index is -0.959. The van der Waals surface area contributed by atoms with Gasteiger partial charge in [-0.15, -0.1) is 0 Å². The first-order valence-electron chi connectivity index (χ1n) is 7.96. The van der Waals surface area contributed by atoms with E-state index in [1.807, 2.05) is 13.0 Å². The predicted molar refractivity (Wildman–Crippen MR) is 91.6 cm³/mol. The molecule has 0 bridgehead atoms. The fraction of sp³-hybridized carbons (Fsp3) is 0.263. The van der Waals surface area contributed by atoms with Crippen molar-refractivity contribution in [3.05, 3.63) is 52.4 Å². The smallest absolute Gasteiger partial charge is 0.347 e. The number of carbonyl (C=O) groups excluding carboxylic acids is 1. The Morgan fingerprint density at radius 1 is 1.28 bits per heavy atom. The second-order valence-electron chi connectivity index (χ2n) is 5.58. The van der Waals surface area contributed by atoms with Crippen molar-refractivity contribution in [3.8, 4) is 17.3 Å². The minimum Gasteiger partial charge on any atom is -0.471 e. The first kappa shape index (κ1) is 16.8. The highest BCUT2D eigenvalue weighted by molar-refractivity contribution is 5.82. The number of aryl methyl sites for hydroxylation is 1. The highest BCUT2D eigenvalue weighted by Crippen LogP contribution is 2.32. The molecule has 130 valence electrons. The summed E-state index contributed by atoms with van der Waals surface area (Å²) in [4.78, 5) is 24.8. The first-order valence-corrected chi connectivity index (χ1v) is 7.96. The van der Waals surface area contributed by atoms with E-state index in [2.05, 4.69) is 0 Å². The van der Waals surface area contributed by atoms with Crippen molar-refractivity contribution in [2.75, 3.05) is 6.61 Å². The molecule has 0 radical (unpaired) electrons. The molecule has 0 N–H and O–H groups in total. The summed E-state index contributed by atoms with van der Waals surface area (Å²) in [5.74, 6) is -0.154. The summed E-state index contributed by atoms with van der Waals surface area (Å²) in [5.41, 5.74) is 1.01. The normalized spacial score (nSPS) is 12.1. The standard InChI is InChI=1S/C19H18O6/c1-4-22-19(21)12(3)24-18-16(20)13-8-7-11(2)10-15(13)25-17(18)14-6-5-9-23-14/h5-10,12H,4H2,1-3H3/t12-/m1/s1. The zero-order valence-electron chi connectivity index (χ0n) is 14.2. The van der Waals surface area contributed by atoms with Gasteiger partial charge in [0.15, 0.2) is 11.9 Å². The van der Waals surface area contributed by atoms with Crippen LogP contribution in [0.3, 0.4) is 0 Å². The highest BCUT2D eigenvalue weighted by atomic mass is 16.6. The Bertz CT molecular complexity index is 952. The number of esters is 1. The van der Waals surface area contributed by atoms with Gasteiger partial charge in [-0.2, -0.15) is 0 Å². The topological polar surface area (TPSA) is 78.9 Å². The highest BCUT2D eigenvalue weighted by Gasteiger charge is 2.24. The molecule has 0 spiro atoms. The van der Waals surface area contributed by atoms with Crippen LogP contribution in [-0.4, -0.2) is 18.7 Å². The maximum atomic E-state index is 12.9. The molecule has 2 heterocycles. The molecule has 2 aromatic heterocycles. The Balaban J connectivity index is 2.16. The summed E-state index contributed by atoms with van der Waals surface area (Å²) in [5, 5.41) is 0.368. The second-order valence-corrected chi connectivity index (χ2v) is 5.58. The number of hydrogen-bond acceptors (Lipinski definition) is 6. The number of benzene rings is 1. The van der Waals surface area contributed by atoms with E-state index < -0.39 is 12.1 Å². The SMILES string of the molecule is CCOC(=O)[C@@H](C)Oc1c(-c2ccco2)oc2cc(C)ccc2c1=O. The quantitative estimate of drug-likeness (QED) is 0.658. The molecule has 3 rings (SSSR count).